The highest BCUT2D eigenvalue weighted by Gasteiger charge is 2.28. The molecule has 6 nitrogen and oxygen atoms in total. The van der Waals surface area contributed by atoms with Crippen molar-refractivity contribution in [1.29, 1.82) is 0 Å². The van der Waals surface area contributed by atoms with E-state index < -0.39 is 31.2 Å². The average molecular weight is 352 g/mol. The molecule has 0 spiro atoms. The van der Waals surface area contributed by atoms with Crippen molar-refractivity contribution in [3.8, 4) is 0 Å². The van der Waals surface area contributed by atoms with Crippen molar-refractivity contribution in [2.24, 2.45) is 0 Å². The lowest BCUT2D eigenvalue weighted by molar-refractivity contribution is -0.140. The molecule has 0 atom stereocenters. The van der Waals surface area contributed by atoms with Gasteiger partial charge in [-0.3, -0.25) is 9.59 Å². The largest absolute Gasteiger partial charge is 0.452 e. The summed E-state index contributed by atoms with van der Waals surface area (Å²) in [6.07, 6.45) is -4.54. The zero-order valence-electron chi connectivity index (χ0n) is 12.6. The molecule has 0 fully saturated rings. The summed E-state index contributed by atoms with van der Waals surface area (Å²) >= 11 is 1.16. The number of thiophene rings is 1. The van der Waals surface area contributed by atoms with E-state index in [-0.39, 0.29) is 16.5 Å². The van der Waals surface area contributed by atoms with Gasteiger partial charge in [-0.25, -0.2) is 4.79 Å². The maximum atomic E-state index is 12.0. The molecule has 0 saturated carbocycles. The molecular weight excluding hydrogens is 337 g/mol. The van der Waals surface area contributed by atoms with Crippen LogP contribution in [0.15, 0.2) is 0 Å². The van der Waals surface area contributed by atoms with Gasteiger partial charge in [-0.2, -0.15) is 13.2 Å². The summed E-state index contributed by atoms with van der Waals surface area (Å²) in [5, 5.41) is 4.34. The molecule has 0 aliphatic rings. The number of carbonyl (C=O) groups is 3. The van der Waals surface area contributed by atoms with Gasteiger partial charge in [0.2, 0.25) is 5.91 Å². The van der Waals surface area contributed by atoms with Crippen LogP contribution in [0.25, 0.3) is 0 Å². The van der Waals surface area contributed by atoms with Gasteiger partial charge in [0.1, 0.15) is 11.5 Å². The second-order valence-electron chi connectivity index (χ2n) is 4.64. The van der Waals surface area contributed by atoms with Gasteiger partial charge in [0.25, 0.3) is 5.91 Å². The number of hydrogen-bond donors (Lipinski definition) is 2. The van der Waals surface area contributed by atoms with Crippen molar-refractivity contribution in [3.63, 3.8) is 0 Å². The molecule has 0 aliphatic carbocycles. The van der Waals surface area contributed by atoms with Gasteiger partial charge >= 0.3 is 12.1 Å². The highest BCUT2D eigenvalue weighted by molar-refractivity contribution is 7.16. The lowest BCUT2D eigenvalue weighted by atomic mass is 10.1. The van der Waals surface area contributed by atoms with Crippen LogP contribution in [0.3, 0.4) is 0 Å². The van der Waals surface area contributed by atoms with E-state index in [1.807, 2.05) is 0 Å². The number of esters is 1. The van der Waals surface area contributed by atoms with Crippen molar-refractivity contribution >= 4 is 34.1 Å². The normalized spacial score (nSPS) is 11.0. The van der Waals surface area contributed by atoms with Crippen LogP contribution in [0.1, 0.15) is 27.7 Å². The molecule has 0 radical (unpaired) electrons. The van der Waals surface area contributed by atoms with Crippen molar-refractivity contribution in [2.75, 3.05) is 18.5 Å². The van der Waals surface area contributed by atoms with Crippen LogP contribution in [0.4, 0.5) is 18.2 Å². The number of amides is 2. The molecule has 1 aromatic heterocycles. The van der Waals surface area contributed by atoms with Crippen molar-refractivity contribution in [1.82, 2.24) is 5.32 Å². The summed E-state index contributed by atoms with van der Waals surface area (Å²) in [6.45, 7) is 2.29. The monoisotopic (exact) mass is 352 g/mol. The first-order valence-corrected chi connectivity index (χ1v) is 7.21. The van der Waals surface area contributed by atoms with Crippen molar-refractivity contribution in [3.05, 3.63) is 16.0 Å². The first-order valence-electron chi connectivity index (χ1n) is 6.39. The maximum Gasteiger partial charge on any atom is 0.405 e. The number of carbonyl (C=O) groups excluding carboxylic acids is 3. The fraction of sp³-hybridized carbons (Fsp3) is 0.462. The molecule has 2 amide bonds. The fourth-order valence-electron chi connectivity index (χ4n) is 1.57. The molecule has 0 aliphatic heterocycles. The Labute approximate surface area is 134 Å². The molecule has 1 rings (SSSR count). The number of nitrogens with one attached hydrogen (secondary N) is 2. The first-order chi connectivity index (χ1) is 10.5. The predicted octanol–water partition coefficient (Wildman–Crippen LogP) is 2.16. The van der Waals surface area contributed by atoms with E-state index in [1.54, 1.807) is 19.2 Å². The van der Waals surface area contributed by atoms with E-state index in [0.29, 0.717) is 5.56 Å². The van der Waals surface area contributed by atoms with Gasteiger partial charge in [0, 0.05) is 11.8 Å². The predicted molar refractivity (Wildman–Crippen MR) is 77.4 cm³/mol. The lowest BCUT2D eigenvalue weighted by Gasteiger charge is -2.09. The molecule has 128 valence electrons. The third kappa shape index (κ3) is 5.89. The third-order valence-corrected chi connectivity index (χ3v) is 3.82. The van der Waals surface area contributed by atoms with E-state index in [2.05, 4.69) is 5.32 Å². The van der Waals surface area contributed by atoms with Crippen molar-refractivity contribution < 1.29 is 32.3 Å². The summed E-state index contributed by atoms with van der Waals surface area (Å²) in [7, 11) is 0. The van der Waals surface area contributed by atoms with E-state index in [1.165, 1.54) is 6.92 Å². The smallest absolute Gasteiger partial charge is 0.405 e. The molecule has 0 unspecified atom stereocenters. The van der Waals surface area contributed by atoms with E-state index in [4.69, 9.17) is 4.74 Å². The summed E-state index contributed by atoms with van der Waals surface area (Å²) in [6, 6.07) is 0. The third-order valence-electron chi connectivity index (χ3n) is 2.70. The zero-order chi connectivity index (χ0) is 17.8. The van der Waals surface area contributed by atoms with Gasteiger partial charge in [-0.15, -0.1) is 11.3 Å². The number of ether oxygens (including phenoxy) is 1. The summed E-state index contributed by atoms with van der Waals surface area (Å²) in [5.74, 6) is -2.35. The van der Waals surface area contributed by atoms with Crippen molar-refractivity contribution in [2.45, 2.75) is 26.9 Å². The van der Waals surface area contributed by atoms with Crippen LogP contribution >= 0.6 is 11.3 Å². The van der Waals surface area contributed by atoms with Gasteiger partial charge in [-0.05, 0) is 19.4 Å². The summed E-state index contributed by atoms with van der Waals surface area (Å²) in [5.41, 5.74) is 0.658. The van der Waals surface area contributed by atoms with Crippen LogP contribution in [0.2, 0.25) is 0 Å². The molecular formula is C13H15F3N2O4S. The van der Waals surface area contributed by atoms with Crippen LogP contribution in [0, 0.1) is 13.8 Å². The minimum Gasteiger partial charge on any atom is -0.452 e. The molecule has 0 aromatic carbocycles. The minimum atomic E-state index is -4.54. The standard InChI is InChI=1S/C13H15F3N2O4S/c1-6-7(2)23-11(18-8(3)19)10(6)12(21)22-4-9(20)17-5-13(14,15)16/h4-5H2,1-3H3,(H,17,20)(H,18,19). The second-order valence-corrected chi connectivity index (χ2v) is 5.86. The topological polar surface area (TPSA) is 84.5 Å². The molecule has 1 aromatic rings. The van der Waals surface area contributed by atoms with Gasteiger partial charge < -0.3 is 15.4 Å². The Morgan fingerprint density at radius 1 is 1.22 bits per heavy atom. The summed E-state index contributed by atoms with van der Waals surface area (Å²) < 4.78 is 40.6. The molecule has 10 heteroatoms. The van der Waals surface area contributed by atoms with Gasteiger partial charge in [0.15, 0.2) is 6.61 Å². The molecule has 2 N–H and O–H groups in total. The maximum absolute atomic E-state index is 12.0. The Morgan fingerprint density at radius 2 is 1.83 bits per heavy atom. The number of aryl methyl sites for hydroxylation is 1. The van der Waals surface area contributed by atoms with E-state index in [9.17, 15) is 27.6 Å². The average Bonchev–Trinajstić information content (AvgIpc) is 2.67. The fourth-order valence-corrected chi connectivity index (χ4v) is 2.67. The van der Waals surface area contributed by atoms with Crippen LogP contribution in [0.5, 0.6) is 0 Å². The Bertz CT molecular complexity index is 625. The lowest BCUT2D eigenvalue weighted by Crippen LogP contribution is -2.36. The molecule has 0 saturated heterocycles. The zero-order valence-corrected chi connectivity index (χ0v) is 13.4. The minimum absolute atomic E-state index is 0.0892. The quantitative estimate of drug-likeness (QED) is 0.796. The number of hydrogen-bond acceptors (Lipinski definition) is 5. The number of anilines is 1. The molecule has 1 heterocycles. The van der Waals surface area contributed by atoms with E-state index in [0.717, 1.165) is 16.2 Å². The van der Waals surface area contributed by atoms with Gasteiger partial charge in [0.05, 0.1) is 5.56 Å². The number of rotatable bonds is 5. The Balaban J connectivity index is 2.71. The molecule has 23 heavy (non-hydrogen) atoms. The van der Waals surface area contributed by atoms with Crippen LogP contribution < -0.4 is 10.6 Å². The highest BCUT2D eigenvalue weighted by atomic mass is 32.1. The summed E-state index contributed by atoms with van der Waals surface area (Å²) in [4.78, 5) is 35.1. The van der Waals surface area contributed by atoms with E-state index >= 15 is 0 Å². The number of alkyl halides is 3. The Hall–Kier alpha value is -2.10. The Kier molecular flexibility index (Phi) is 6.13. The second kappa shape index (κ2) is 7.44. The Morgan fingerprint density at radius 3 is 2.35 bits per heavy atom. The number of halogens is 3. The first kappa shape index (κ1) is 18.9. The van der Waals surface area contributed by atoms with Crippen LogP contribution in [-0.2, 0) is 14.3 Å². The van der Waals surface area contributed by atoms with Crippen LogP contribution in [-0.4, -0.2) is 37.1 Å². The molecule has 0 bridgehead atoms. The highest BCUT2D eigenvalue weighted by Crippen LogP contribution is 2.32. The SMILES string of the molecule is CC(=O)Nc1sc(C)c(C)c1C(=O)OCC(=O)NCC(F)(F)F. The van der Waals surface area contributed by atoms with Gasteiger partial charge in [-0.1, -0.05) is 0 Å².